The molecule has 43 heavy (non-hydrogen) atoms. The Morgan fingerprint density at radius 3 is 1.44 bits per heavy atom. The molecule has 3 aliphatic rings. The SMILES string of the molecule is O=S(=O)(O)C(F)(F)C(F)(F)OC(F)(F)C(F)(F)COc1c(C2CCCCC2)cc(C2CCCCC2)cc1C1CCCCC1. The van der Waals surface area contributed by atoms with Crippen LogP contribution in [0.2, 0.25) is 0 Å². The van der Waals surface area contributed by atoms with Gasteiger partial charge in [-0.1, -0.05) is 69.9 Å². The summed E-state index contributed by atoms with van der Waals surface area (Å²) in [4.78, 5) is 0. The molecule has 0 atom stereocenters. The third-order valence-electron chi connectivity index (χ3n) is 9.08. The summed E-state index contributed by atoms with van der Waals surface area (Å²) in [6.45, 7) is -2.20. The minimum atomic E-state index is -7.00. The fraction of sp³-hybridized carbons (Fsp3) is 0.793. The molecule has 0 spiro atoms. The average Bonchev–Trinajstić information content (AvgIpc) is 2.96. The zero-order valence-electron chi connectivity index (χ0n) is 23.7. The molecule has 0 aliphatic heterocycles. The Labute approximate surface area is 246 Å². The lowest BCUT2D eigenvalue weighted by Crippen LogP contribution is -2.57. The monoisotopic (exact) mass is 650 g/mol. The van der Waals surface area contributed by atoms with E-state index in [4.69, 9.17) is 9.29 Å². The largest absolute Gasteiger partial charge is 0.486 e. The highest BCUT2D eigenvalue weighted by atomic mass is 32.2. The number of hydrogen-bond acceptors (Lipinski definition) is 4. The molecule has 0 saturated heterocycles. The lowest BCUT2D eigenvalue weighted by Gasteiger charge is -2.34. The predicted molar refractivity (Wildman–Crippen MR) is 142 cm³/mol. The molecule has 3 aliphatic carbocycles. The third kappa shape index (κ3) is 7.43. The van der Waals surface area contributed by atoms with Crippen molar-refractivity contribution in [2.45, 2.75) is 137 Å². The van der Waals surface area contributed by atoms with E-state index in [1.807, 2.05) is 12.1 Å². The molecule has 0 radical (unpaired) electrons. The van der Waals surface area contributed by atoms with Gasteiger partial charge in [-0.25, -0.2) is 4.74 Å². The molecule has 0 unspecified atom stereocenters. The van der Waals surface area contributed by atoms with Crippen LogP contribution in [0, 0.1) is 0 Å². The van der Waals surface area contributed by atoms with Crippen molar-refractivity contribution in [3.05, 3.63) is 28.8 Å². The molecule has 1 aromatic rings. The van der Waals surface area contributed by atoms with Crippen LogP contribution in [0.4, 0.5) is 35.1 Å². The summed E-state index contributed by atoms with van der Waals surface area (Å²) in [6, 6.07) is 3.81. The van der Waals surface area contributed by atoms with Crippen molar-refractivity contribution in [3.8, 4) is 5.75 Å². The van der Waals surface area contributed by atoms with Crippen LogP contribution in [0.3, 0.4) is 0 Å². The van der Waals surface area contributed by atoms with Crippen LogP contribution in [0.15, 0.2) is 12.1 Å². The van der Waals surface area contributed by atoms with Gasteiger partial charge in [0.15, 0.2) is 6.61 Å². The molecule has 0 amide bonds. The van der Waals surface area contributed by atoms with E-state index in [9.17, 15) is 43.5 Å². The number of rotatable bonds is 11. The predicted octanol–water partition coefficient (Wildman–Crippen LogP) is 9.53. The van der Waals surface area contributed by atoms with Crippen molar-refractivity contribution in [1.29, 1.82) is 0 Å². The Morgan fingerprint density at radius 1 is 0.651 bits per heavy atom. The summed E-state index contributed by atoms with van der Waals surface area (Å²) in [5.74, 6) is -5.56. The number of alkyl halides is 8. The van der Waals surface area contributed by atoms with Crippen LogP contribution in [0.25, 0.3) is 0 Å². The zero-order valence-corrected chi connectivity index (χ0v) is 24.5. The smallest absolute Gasteiger partial charge is 0.460 e. The van der Waals surface area contributed by atoms with E-state index in [-0.39, 0.29) is 23.5 Å². The van der Waals surface area contributed by atoms with E-state index in [0.717, 1.165) is 102 Å². The van der Waals surface area contributed by atoms with Gasteiger partial charge in [0, 0.05) is 0 Å². The van der Waals surface area contributed by atoms with Gasteiger partial charge in [-0.2, -0.15) is 43.5 Å². The fourth-order valence-corrected chi connectivity index (χ4v) is 7.00. The van der Waals surface area contributed by atoms with Crippen molar-refractivity contribution in [3.63, 3.8) is 0 Å². The molecule has 246 valence electrons. The van der Waals surface area contributed by atoms with Gasteiger partial charge in [-0.3, -0.25) is 4.55 Å². The van der Waals surface area contributed by atoms with Crippen LogP contribution in [-0.2, 0) is 14.9 Å². The van der Waals surface area contributed by atoms with Crippen LogP contribution >= 0.6 is 0 Å². The second-order valence-corrected chi connectivity index (χ2v) is 13.6. The molecule has 0 heterocycles. The van der Waals surface area contributed by atoms with Crippen molar-refractivity contribution in [2.24, 2.45) is 0 Å². The number of halogens is 8. The maximum absolute atomic E-state index is 14.8. The van der Waals surface area contributed by atoms with Crippen LogP contribution < -0.4 is 4.74 Å². The quantitative estimate of drug-likeness (QED) is 0.191. The first kappa shape index (κ1) is 34.2. The molecular formula is C29H38F8O5S. The maximum atomic E-state index is 14.8. The minimum Gasteiger partial charge on any atom is -0.486 e. The average molecular weight is 651 g/mol. The van der Waals surface area contributed by atoms with Gasteiger partial charge >= 0.3 is 33.5 Å². The first-order valence-electron chi connectivity index (χ1n) is 15.0. The molecule has 4 rings (SSSR count). The van der Waals surface area contributed by atoms with Gasteiger partial charge in [0.25, 0.3) is 0 Å². The summed E-state index contributed by atoms with van der Waals surface area (Å²) in [5, 5.41) is -6.63. The van der Waals surface area contributed by atoms with E-state index < -0.39 is 40.1 Å². The summed E-state index contributed by atoms with van der Waals surface area (Å²) in [7, 11) is -7.00. The first-order valence-corrected chi connectivity index (χ1v) is 16.4. The van der Waals surface area contributed by atoms with Gasteiger partial charge in [0.2, 0.25) is 0 Å². The molecule has 5 nitrogen and oxygen atoms in total. The van der Waals surface area contributed by atoms with E-state index in [1.54, 1.807) is 0 Å². The van der Waals surface area contributed by atoms with Gasteiger partial charge in [0.05, 0.1) is 0 Å². The first-order chi connectivity index (χ1) is 20.0. The lowest BCUT2D eigenvalue weighted by atomic mass is 9.75. The lowest BCUT2D eigenvalue weighted by molar-refractivity contribution is -0.457. The van der Waals surface area contributed by atoms with Crippen molar-refractivity contribution in [2.75, 3.05) is 6.61 Å². The van der Waals surface area contributed by atoms with Gasteiger partial charge < -0.3 is 4.74 Å². The molecule has 3 saturated carbocycles. The highest BCUT2D eigenvalue weighted by Crippen LogP contribution is 2.50. The van der Waals surface area contributed by atoms with Gasteiger partial charge in [-0.05, 0) is 73.0 Å². The maximum Gasteiger partial charge on any atom is 0.460 e. The van der Waals surface area contributed by atoms with Crippen molar-refractivity contribution >= 4 is 10.1 Å². The Balaban J connectivity index is 1.70. The van der Waals surface area contributed by atoms with Gasteiger partial charge in [0.1, 0.15) is 5.75 Å². The summed E-state index contributed by atoms with van der Waals surface area (Å²) < 4.78 is 150. The highest BCUT2D eigenvalue weighted by molar-refractivity contribution is 7.86. The Bertz CT molecular complexity index is 1170. The topological polar surface area (TPSA) is 72.8 Å². The fourth-order valence-electron chi connectivity index (χ4n) is 6.66. The van der Waals surface area contributed by atoms with Crippen LogP contribution in [-0.4, -0.2) is 43.0 Å². The van der Waals surface area contributed by atoms with E-state index in [1.165, 1.54) is 0 Å². The van der Waals surface area contributed by atoms with Gasteiger partial charge in [-0.15, -0.1) is 0 Å². The number of benzene rings is 1. The Kier molecular flexibility index (Phi) is 10.3. The normalized spacial score (nSPS) is 21.2. The summed E-state index contributed by atoms with van der Waals surface area (Å²) in [6.07, 6.45) is 0.453. The second kappa shape index (κ2) is 13.0. The molecule has 0 aromatic heterocycles. The standard InChI is InChI=1S/C29H38F8O5S/c30-26(31,27(32,33)42-28(34,35)29(36,37)43(38,39)40)18-41-25-23(20-12-6-2-7-13-20)16-22(19-10-4-1-5-11-19)17-24(25)21-14-8-3-9-15-21/h16-17,19-21H,1-15,18H2,(H,38,39,40). The number of hydrogen-bond donors (Lipinski definition) is 1. The van der Waals surface area contributed by atoms with E-state index in [0.29, 0.717) is 11.1 Å². The minimum absolute atomic E-state index is 0.0103. The Hall–Kier alpha value is -1.67. The summed E-state index contributed by atoms with van der Waals surface area (Å²) in [5.41, 5.74) is 2.25. The van der Waals surface area contributed by atoms with Crippen LogP contribution in [0.1, 0.15) is 131 Å². The molecule has 1 aromatic carbocycles. The molecule has 0 bridgehead atoms. The number of ether oxygens (including phenoxy) is 2. The molecule has 3 fully saturated rings. The molecule has 1 N–H and O–H groups in total. The second-order valence-electron chi connectivity index (χ2n) is 12.2. The Morgan fingerprint density at radius 2 is 1.05 bits per heavy atom. The third-order valence-corrected chi connectivity index (χ3v) is 9.96. The van der Waals surface area contributed by atoms with Crippen molar-refractivity contribution in [1.82, 2.24) is 0 Å². The highest BCUT2D eigenvalue weighted by Gasteiger charge is 2.74. The van der Waals surface area contributed by atoms with E-state index in [2.05, 4.69) is 4.74 Å². The zero-order chi connectivity index (χ0) is 31.7. The molecular weight excluding hydrogens is 612 g/mol. The van der Waals surface area contributed by atoms with E-state index >= 15 is 0 Å². The van der Waals surface area contributed by atoms with Crippen molar-refractivity contribution < 1.29 is 57.6 Å². The summed E-state index contributed by atoms with van der Waals surface area (Å²) >= 11 is 0. The van der Waals surface area contributed by atoms with Crippen LogP contribution in [0.5, 0.6) is 5.75 Å². The molecule has 14 heteroatoms.